The van der Waals surface area contributed by atoms with Gasteiger partial charge in [0.15, 0.2) is 22.8 Å². The minimum Gasteiger partial charge on any atom is -0.443 e. The molecule has 0 spiro atoms. The summed E-state index contributed by atoms with van der Waals surface area (Å²) in [6.45, 7) is 16.2. The Kier molecular flexibility index (Phi) is 15.8. The number of amides is 3. The molecule has 63 heavy (non-hydrogen) atoms. The number of nitrogens with one attached hydrogen (secondary N) is 3. The van der Waals surface area contributed by atoms with Gasteiger partial charge >= 0.3 is 0 Å². The van der Waals surface area contributed by atoms with Gasteiger partial charge in [-0.05, 0) is 46.5 Å². The van der Waals surface area contributed by atoms with Gasteiger partial charge in [-0.3, -0.25) is 14.4 Å². The third kappa shape index (κ3) is 11.3. The molecule has 0 unspecified atom stereocenters. The van der Waals surface area contributed by atoms with E-state index in [4.69, 9.17) is 49.8 Å². The largest absolute Gasteiger partial charge is 0.443 e. The first-order chi connectivity index (χ1) is 29.8. The zero-order valence-electron chi connectivity index (χ0n) is 37.2. The molecule has 0 aliphatic heterocycles. The number of methoxy groups -OCH3 is 2. The second-order valence-corrected chi connectivity index (χ2v) is 17.2. The van der Waals surface area contributed by atoms with E-state index in [1.807, 2.05) is 40.7 Å². The van der Waals surface area contributed by atoms with Crippen LogP contribution in [0.15, 0.2) is 54.3 Å². The summed E-state index contributed by atoms with van der Waals surface area (Å²) in [5, 5.41) is 8.93. The number of oxazole rings is 4. The van der Waals surface area contributed by atoms with Gasteiger partial charge in [-0.2, -0.15) is 0 Å². The summed E-state index contributed by atoms with van der Waals surface area (Å²) in [6.07, 6.45) is 1.82. The van der Waals surface area contributed by atoms with Crippen LogP contribution in [0.1, 0.15) is 100 Å². The van der Waals surface area contributed by atoms with Crippen LogP contribution < -0.4 is 21.7 Å². The van der Waals surface area contributed by atoms with Gasteiger partial charge in [0.25, 0.3) is 17.6 Å². The Bertz CT molecular complexity index is 2370. The first-order valence-electron chi connectivity index (χ1n) is 20.3. The maximum absolute atomic E-state index is 14.3. The van der Waals surface area contributed by atoms with Crippen LogP contribution >= 0.6 is 28.1 Å². The van der Waals surface area contributed by atoms with E-state index in [0.29, 0.717) is 23.5 Å². The second-order valence-electron chi connectivity index (χ2n) is 16.2. The number of benzene rings is 1. The van der Waals surface area contributed by atoms with Gasteiger partial charge in [-0.25, -0.2) is 19.9 Å². The number of nitrogens with two attached hydrogens (primary N) is 1. The fourth-order valence-corrected chi connectivity index (χ4v) is 7.05. The Hall–Kier alpha value is -5.28. The van der Waals surface area contributed by atoms with Crippen molar-refractivity contribution in [3.63, 3.8) is 0 Å². The molecular formula is C43H55BrN8O10S. The molecule has 340 valence electrons. The lowest BCUT2D eigenvalue weighted by atomic mass is 9.96. The van der Waals surface area contributed by atoms with Gasteiger partial charge in [-0.15, -0.1) is 0 Å². The first kappa shape index (κ1) is 48.7. The molecular weight excluding hydrogens is 900 g/mol. The zero-order chi connectivity index (χ0) is 46.4. The molecule has 0 radical (unpaired) electrons. The fraction of sp³-hybridized carbons (Fsp3) is 0.488. The molecule has 0 aliphatic rings. The maximum Gasteiger partial charge on any atom is 0.274 e. The fourth-order valence-electron chi connectivity index (χ4n) is 6.26. The van der Waals surface area contributed by atoms with Crippen LogP contribution in [-0.2, 0) is 29.6 Å². The lowest BCUT2D eigenvalue weighted by Gasteiger charge is -2.29. The summed E-state index contributed by atoms with van der Waals surface area (Å²) in [5.41, 5.74) is 6.36. The van der Waals surface area contributed by atoms with E-state index in [9.17, 15) is 14.4 Å². The number of alkyl halides is 1. The highest BCUT2D eigenvalue weighted by atomic mass is 79.9. The van der Waals surface area contributed by atoms with Crippen molar-refractivity contribution in [3.05, 3.63) is 71.3 Å². The van der Waals surface area contributed by atoms with E-state index in [2.05, 4.69) is 51.8 Å². The number of carbonyl (C=O) groups is 3. The molecule has 4 atom stereocenters. The van der Waals surface area contributed by atoms with Gasteiger partial charge in [0.05, 0.1) is 17.5 Å². The number of rotatable bonds is 20. The molecule has 3 amide bonds. The van der Waals surface area contributed by atoms with Crippen LogP contribution in [0.2, 0.25) is 0 Å². The van der Waals surface area contributed by atoms with Crippen molar-refractivity contribution < 1.29 is 46.3 Å². The Balaban J connectivity index is 1.42. The Labute approximate surface area is 379 Å². The molecule has 5 aromatic rings. The van der Waals surface area contributed by atoms with E-state index in [0.717, 1.165) is 0 Å². The lowest BCUT2D eigenvalue weighted by molar-refractivity contribution is -0.211. The summed E-state index contributed by atoms with van der Waals surface area (Å²) in [5.74, 6) is -2.79. The van der Waals surface area contributed by atoms with E-state index in [1.54, 1.807) is 52.0 Å². The van der Waals surface area contributed by atoms with Gasteiger partial charge in [-0.1, -0.05) is 92.6 Å². The lowest BCUT2D eigenvalue weighted by Crippen LogP contribution is -2.57. The summed E-state index contributed by atoms with van der Waals surface area (Å²) >= 11 is 8.42. The van der Waals surface area contributed by atoms with Crippen LogP contribution in [0, 0.1) is 25.7 Å². The third-order valence-corrected chi connectivity index (χ3v) is 11.1. The average Bonchev–Trinajstić information content (AvgIpc) is 4.07. The van der Waals surface area contributed by atoms with Crippen molar-refractivity contribution in [2.24, 2.45) is 17.6 Å². The van der Waals surface area contributed by atoms with E-state index in [1.165, 1.54) is 20.5 Å². The summed E-state index contributed by atoms with van der Waals surface area (Å²) in [6, 6.07) is 5.86. The van der Waals surface area contributed by atoms with E-state index in [-0.39, 0.29) is 74.9 Å². The number of aromatic nitrogens is 4. The minimum atomic E-state index is -1.35. The van der Waals surface area contributed by atoms with Gasteiger partial charge in [0.2, 0.25) is 29.5 Å². The normalized spacial score (nSPS) is 14.0. The van der Waals surface area contributed by atoms with E-state index < -0.39 is 53.2 Å². The second kappa shape index (κ2) is 20.5. The number of halogens is 1. The SMILES string of the molecule is CC[C@H](C)[C@@H](NC(=O)c1nc(-c2nc(C(CBr)(OC)OC)oc2C)oc1-c1ccccc1)C(=O)N[C@H](C(=O)N[C@@H](COC(C)(C)C)c1nc(-c2nc(C(N)=S)co2)c(C)o1)C(C)C. The van der Waals surface area contributed by atoms with Gasteiger partial charge in [0.1, 0.15) is 46.6 Å². The molecule has 20 heteroatoms. The minimum absolute atomic E-state index is 0.00791. The molecule has 5 N–H and O–H groups in total. The predicted molar refractivity (Wildman–Crippen MR) is 238 cm³/mol. The highest BCUT2D eigenvalue weighted by Gasteiger charge is 2.40. The van der Waals surface area contributed by atoms with E-state index >= 15 is 0 Å². The molecule has 0 saturated heterocycles. The van der Waals surface area contributed by atoms with Crippen LogP contribution in [0.3, 0.4) is 0 Å². The number of thiocarbonyl (C=S) groups is 1. The van der Waals surface area contributed by atoms with Crippen LogP contribution in [-0.4, -0.2) is 86.5 Å². The van der Waals surface area contributed by atoms with Gasteiger partial charge < -0.3 is 53.6 Å². The predicted octanol–water partition coefficient (Wildman–Crippen LogP) is 6.69. The van der Waals surface area contributed by atoms with Crippen molar-refractivity contribution in [1.82, 2.24) is 35.9 Å². The Morgan fingerprint density at radius 1 is 0.857 bits per heavy atom. The molecule has 1 aromatic carbocycles. The number of aryl methyl sites for hydroxylation is 2. The summed E-state index contributed by atoms with van der Waals surface area (Å²) in [7, 11) is 2.91. The molecule has 0 bridgehead atoms. The van der Waals surface area contributed by atoms with Crippen molar-refractivity contribution >= 4 is 50.9 Å². The highest BCUT2D eigenvalue weighted by Crippen LogP contribution is 2.35. The average molecular weight is 956 g/mol. The molecule has 4 aromatic heterocycles. The molecule has 0 aliphatic carbocycles. The van der Waals surface area contributed by atoms with Crippen molar-refractivity contribution in [2.75, 3.05) is 26.2 Å². The van der Waals surface area contributed by atoms with Crippen LogP contribution in [0.5, 0.6) is 0 Å². The maximum atomic E-state index is 14.3. The molecule has 4 heterocycles. The third-order valence-electron chi connectivity index (χ3n) is 10.1. The number of hydrogen-bond donors (Lipinski definition) is 4. The number of carbonyl (C=O) groups excluding carboxylic acids is 3. The summed E-state index contributed by atoms with van der Waals surface area (Å²) < 4.78 is 41.0. The van der Waals surface area contributed by atoms with Crippen LogP contribution in [0.25, 0.3) is 34.5 Å². The van der Waals surface area contributed by atoms with Crippen molar-refractivity contribution in [3.8, 4) is 34.5 Å². The number of ether oxygens (including phenoxy) is 3. The monoisotopic (exact) mass is 954 g/mol. The summed E-state index contributed by atoms with van der Waals surface area (Å²) in [4.78, 5) is 61.0. The number of hydrogen-bond acceptors (Lipinski definition) is 15. The van der Waals surface area contributed by atoms with Crippen LogP contribution in [0.4, 0.5) is 0 Å². The highest BCUT2D eigenvalue weighted by molar-refractivity contribution is 9.09. The van der Waals surface area contributed by atoms with Crippen molar-refractivity contribution in [1.29, 1.82) is 0 Å². The Morgan fingerprint density at radius 3 is 2.06 bits per heavy atom. The van der Waals surface area contributed by atoms with Gasteiger partial charge in [0, 0.05) is 19.8 Å². The first-order valence-corrected chi connectivity index (χ1v) is 21.8. The Morgan fingerprint density at radius 2 is 1.49 bits per heavy atom. The molecule has 5 rings (SSSR count). The molecule has 18 nitrogen and oxygen atoms in total. The molecule has 0 fully saturated rings. The topological polar surface area (TPSA) is 245 Å². The standard InChI is InChI=1S/C43H55BrN8O10S/c1-12-22(4)29(49-37(55)32-33(25-16-14-13-15-17-25)62-40(51-32)31-24(6)61-41(52-31)43(20-44,56-10)57-11)36(54)48-28(21(2)3)35(53)46-27(19-59-42(7,8)9)38-50-30(23(5)60-38)39-47-26(18-58-39)34(45)63/h13-18,21-22,27-29H,12,19-20H2,1-11H3,(H2,45,63)(H,46,53)(H,48,54)(H,49,55)/t22-,27-,28-,29+/m0/s1. The smallest absolute Gasteiger partial charge is 0.274 e. The quantitative estimate of drug-likeness (QED) is 0.0361. The molecule has 0 saturated carbocycles. The number of nitrogens with zero attached hydrogens (tertiary/aromatic N) is 4. The zero-order valence-corrected chi connectivity index (χ0v) is 39.6. The van der Waals surface area contributed by atoms with Crippen molar-refractivity contribution in [2.45, 2.75) is 98.2 Å².